The van der Waals surface area contributed by atoms with Crippen LogP contribution in [0.1, 0.15) is 46.6 Å². The van der Waals surface area contributed by atoms with Crippen molar-refractivity contribution in [3.8, 4) is 5.75 Å². The van der Waals surface area contributed by atoms with Crippen LogP contribution in [0.5, 0.6) is 5.75 Å². The summed E-state index contributed by atoms with van der Waals surface area (Å²) >= 11 is 0. The van der Waals surface area contributed by atoms with Gasteiger partial charge in [-0.05, 0) is 58.4 Å². The lowest BCUT2D eigenvalue weighted by molar-refractivity contribution is 0.0259. The van der Waals surface area contributed by atoms with Gasteiger partial charge in [-0.2, -0.15) is 0 Å². The minimum atomic E-state index is -0.972. The predicted molar refractivity (Wildman–Crippen MR) is 126 cm³/mol. The molecule has 0 spiro atoms. The maximum Gasteiger partial charge on any atom is 0.414 e. The summed E-state index contributed by atoms with van der Waals surface area (Å²) in [6, 6.07) is 14.4. The number of fused-ring (bicyclic) bond motifs is 1. The van der Waals surface area contributed by atoms with E-state index in [9.17, 15) is 14.7 Å². The van der Waals surface area contributed by atoms with E-state index in [0.717, 1.165) is 5.56 Å². The fraction of sp³-hybridized carbons (Fsp3) is 0.440. The van der Waals surface area contributed by atoms with Crippen LogP contribution in [0, 0.1) is 0 Å². The molecule has 8 heteroatoms. The summed E-state index contributed by atoms with van der Waals surface area (Å²) in [4.78, 5) is 26.7. The van der Waals surface area contributed by atoms with Crippen LogP contribution in [0.25, 0.3) is 0 Å². The number of ether oxygens (including phenoxy) is 3. The first-order valence-corrected chi connectivity index (χ1v) is 10.9. The van der Waals surface area contributed by atoms with Gasteiger partial charge >= 0.3 is 12.2 Å². The molecule has 1 atom stereocenters. The molecule has 0 bridgehead atoms. The Bertz CT molecular complexity index is 979. The number of nitrogens with zero attached hydrogens (tertiary/aromatic N) is 1. The lowest BCUT2D eigenvalue weighted by Crippen LogP contribution is -2.46. The zero-order valence-corrected chi connectivity index (χ0v) is 19.8. The second kappa shape index (κ2) is 9.70. The summed E-state index contributed by atoms with van der Waals surface area (Å²) in [7, 11) is 0. The number of hydrogen-bond donors (Lipinski definition) is 2. The van der Waals surface area contributed by atoms with E-state index in [1.54, 1.807) is 52.8 Å². The molecule has 3 rings (SSSR count). The summed E-state index contributed by atoms with van der Waals surface area (Å²) in [5.74, 6) is 0.460. The van der Waals surface area contributed by atoms with Crippen molar-refractivity contribution in [2.75, 3.05) is 16.8 Å². The average molecular weight is 457 g/mol. The van der Waals surface area contributed by atoms with E-state index < -0.39 is 29.5 Å². The van der Waals surface area contributed by atoms with Gasteiger partial charge in [0.1, 0.15) is 24.1 Å². The summed E-state index contributed by atoms with van der Waals surface area (Å²) in [5, 5.41) is 12.9. The molecule has 0 aromatic heterocycles. The molecule has 0 unspecified atom stereocenters. The molecular weight excluding hydrogens is 424 g/mol. The molecule has 2 N–H and O–H groups in total. The predicted octanol–water partition coefficient (Wildman–Crippen LogP) is 5.10. The van der Waals surface area contributed by atoms with E-state index >= 15 is 0 Å². The van der Waals surface area contributed by atoms with Crippen LogP contribution < -0.4 is 15.0 Å². The highest BCUT2D eigenvalue weighted by Crippen LogP contribution is 2.38. The Morgan fingerprint density at radius 2 is 1.82 bits per heavy atom. The van der Waals surface area contributed by atoms with Gasteiger partial charge in [0, 0.05) is 12.1 Å². The summed E-state index contributed by atoms with van der Waals surface area (Å²) in [5.41, 5.74) is 0.175. The van der Waals surface area contributed by atoms with Crippen molar-refractivity contribution in [2.45, 2.75) is 65.0 Å². The van der Waals surface area contributed by atoms with Crippen LogP contribution >= 0.6 is 0 Å². The van der Waals surface area contributed by atoms with Gasteiger partial charge in [-0.1, -0.05) is 30.3 Å². The highest BCUT2D eigenvalue weighted by Gasteiger charge is 2.34. The summed E-state index contributed by atoms with van der Waals surface area (Å²) < 4.78 is 16.9. The first kappa shape index (κ1) is 24.4. The topological polar surface area (TPSA) is 97.3 Å². The van der Waals surface area contributed by atoms with Crippen molar-refractivity contribution in [3.05, 3.63) is 54.1 Å². The second-order valence-corrected chi connectivity index (χ2v) is 9.72. The number of aliphatic hydroxyl groups is 1. The SMILES string of the molecule is CC(C)(O)C[C@H]1CN(C(=O)OCc2ccccc2)c2cc(NC(=O)OC(C)(C)C)ccc2O1. The van der Waals surface area contributed by atoms with Gasteiger partial charge in [-0.3, -0.25) is 10.2 Å². The van der Waals surface area contributed by atoms with Gasteiger partial charge < -0.3 is 19.3 Å². The standard InChI is InChI=1S/C25H32N2O6/c1-24(2,3)33-22(28)26-18-11-12-21-20(13-18)27(15-19(32-21)14-25(4,5)30)23(29)31-16-17-9-7-6-8-10-17/h6-13,19,30H,14-16H2,1-5H3,(H,26,28)/t19-/m0/s1. The number of carbonyl (C=O) groups excluding carboxylic acids is 2. The zero-order valence-electron chi connectivity index (χ0n) is 19.8. The van der Waals surface area contributed by atoms with Gasteiger partial charge in [0.2, 0.25) is 0 Å². The molecule has 0 aliphatic carbocycles. The normalized spacial score (nSPS) is 15.8. The summed E-state index contributed by atoms with van der Waals surface area (Å²) in [6.07, 6.45) is -1.24. The minimum absolute atomic E-state index is 0.123. The third-order valence-corrected chi connectivity index (χ3v) is 4.73. The molecule has 1 heterocycles. The molecular formula is C25H32N2O6. The lowest BCUT2D eigenvalue weighted by Gasteiger charge is -2.36. The van der Waals surface area contributed by atoms with E-state index in [2.05, 4.69) is 5.32 Å². The summed E-state index contributed by atoms with van der Waals surface area (Å²) in [6.45, 7) is 9.04. The average Bonchev–Trinajstić information content (AvgIpc) is 2.70. The van der Waals surface area contributed by atoms with Crippen molar-refractivity contribution in [3.63, 3.8) is 0 Å². The molecule has 2 amide bonds. The highest BCUT2D eigenvalue weighted by atomic mass is 16.6. The quantitative estimate of drug-likeness (QED) is 0.650. The van der Waals surface area contributed by atoms with Crippen LogP contribution in [-0.2, 0) is 16.1 Å². The van der Waals surface area contributed by atoms with Crippen molar-refractivity contribution >= 4 is 23.6 Å². The Balaban J connectivity index is 1.82. The van der Waals surface area contributed by atoms with Crippen LogP contribution in [0.4, 0.5) is 21.0 Å². The molecule has 0 radical (unpaired) electrons. The second-order valence-electron chi connectivity index (χ2n) is 9.72. The molecule has 1 aliphatic rings. The molecule has 2 aromatic rings. The third kappa shape index (κ3) is 7.39. The van der Waals surface area contributed by atoms with Gasteiger partial charge in [0.15, 0.2) is 0 Å². The van der Waals surface area contributed by atoms with Crippen molar-refractivity contribution in [1.82, 2.24) is 0 Å². The number of carbonyl (C=O) groups is 2. The monoisotopic (exact) mass is 456 g/mol. The third-order valence-electron chi connectivity index (χ3n) is 4.73. The fourth-order valence-corrected chi connectivity index (χ4v) is 3.48. The largest absolute Gasteiger partial charge is 0.486 e. The smallest absolute Gasteiger partial charge is 0.414 e. The first-order valence-electron chi connectivity index (χ1n) is 10.9. The molecule has 8 nitrogen and oxygen atoms in total. The van der Waals surface area contributed by atoms with E-state index in [1.807, 2.05) is 30.3 Å². The Hall–Kier alpha value is -3.26. The molecule has 0 saturated heterocycles. The molecule has 0 fully saturated rings. The van der Waals surface area contributed by atoms with Crippen molar-refractivity contribution in [1.29, 1.82) is 0 Å². The molecule has 33 heavy (non-hydrogen) atoms. The minimum Gasteiger partial charge on any atom is -0.486 e. The first-order chi connectivity index (χ1) is 15.4. The zero-order chi connectivity index (χ0) is 24.2. The number of hydrogen-bond acceptors (Lipinski definition) is 6. The van der Waals surface area contributed by atoms with E-state index in [0.29, 0.717) is 23.5 Å². The molecule has 0 saturated carbocycles. The molecule has 1 aliphatic heterocycles. The maximum atomic E-state index is 13.0. The number of anilines is 2. The number of nitrogens with one attached hydrogen (secondary N) is 1. The van der Waals surface area contributed by atoms with Crippen molar-refractivity contribution < 1.29 is 28.9 Å². The number of amides is 2. The fourth-order valence-electron chi connectivity index (χ4n) is 3.48. The van der Waals surface area contributed by atoms with Gasteiger partial charge in [0.05, 0.1) is 17.8 Å². The van der Waals surface area contributed by atoms with Crippen LogP contribution in [0.2, 0.25) is 0 Å². The van der Waals surface area contributed by atoms with Crippen LogP contribution in [0.3, 0.4) is 0 Å². The maximum absolute atomic E-state index is 13.0. The van der Waals surface area contributed by atoms with E-state index in [-0.39, 0.29) is 13.2 Å². The number of benzene rings is 2. The van der Waals surface area contributed by atoms with Crippen LogP contribution in [-0.4, -0.2) is 41.1 Å². The number of rotatable bonds is 5. The van der Waals surface area contributed by atoms with Gasteiger partial charge in [-0.25, -0.2) is 9.59 Å². The highest BCUT2D eigenvalue weighted by molar-refractivity contribution is 5.93. The molecule has 2 aromatic carbocycles. The Morgan fingerprint density at radius 3 is 2.45 bits per heavy atom. The Morgan fingerprint density at radius 1 is 1.12 bits per heavy atom. The lowest BCUT2D eigenvalue weighted by atomic mass is 9.99. The van der Waals surface area contributed by atoms with E-state index in [4.69, 9.17) is 14.2 Å². The van der Waals surface area contributed by atoms with E-state index in [1.165, 1.54) is 4.90 Å². The van der Waals surface area contributed by atoms with Crippen molar-refractivity contribution in [2.24, 2.45) is 0 Å². The Labute approximate surface area is 194 Å². The van der Waals surface area contributed by atoms with Gasteiger partial charge in [-0.15, -0.1) is 0 Å². The van der Waals surface area contributed by atoms with Crippen LogP contribution in [0.15, 0.2) is 48.5 Å². The molecule has 178 valence electrons. The Kier molecular flexibility index (Phi) is 7.17. The van der Waals surface area contributed by atoms with Gasteiger partial charge in [0.25, 0.3) is 0 Å².